The number of halogens is 1. The standard InChI is InChI=1S/C19H28FN3O2/c1-12-7-8-13(14(20)10-12)11-22-17(24)15-6-5-9-23(15)18(25)16(21)19(2,3)4/h7-8,10,15-16H,5-6,9,11,21H2,1-4H3,(H,22,24). The van der Waals surface area contributed by atoms with Crippen LogP contribution in [-0.4, -0.2) is 35.3 Å². The van der Waals surface area contributed by atoms with Crippen LogP contribution in [0.3, 0.4) is 0 Å². The summed E-state index contributed by atoms with van der Waals surface area (Å²) in [7, 11) is 0. The summed E-state index contributed by atoms with van der Waals surface area (Å²) in [6.07, 6.45) is 1.37. The lowest BCUT2D eigenvalue weighted by Gasteiger charge is -2.32. The fraction of sp³-hybridized carbons (Fsp3) is 0.579. The first kappa shape index (κ1) is 19.4. The molecule has 1 saturated heterocycles. The number of nitrogens with two attached hydrogens (primary N) is 1. The molecule has 0 bridgehead atoms. The average molecular weight is 349 g/mol. The largest absolute Gasteiger partial charge is 0.350 e. The lowest BCUT2D eigenvalue weighted by Crippen LogP contribution is -2.54. The van der Waals surface area contributed by atoms with Gasteiger partial charge in [0, 0.05) is 18.7 Å². The smallest absolute Gasteiger partial charge is 0.243 e. The van der Waals surface area contributed by atoms with Crippen molar-refractivity contribution in [1.82, 2.24) is 10.2 Å². The van der Waals surface area contributed by atoms with Gasteiger partial charge in [0.2, 0.25) is 11.8 Å². The molecule has 2 unspecified atom stereocenters. The Morgan fingerprint density at radius 1 is 1.40 bits per heavy atom. The van der Waals surface area contributed by atoms with Crippen LogP contribution in [0.1, 0.15) is 44.7 Å². The van der Waals surface area contributed by atoms with Gasteiger partial charge in [0.1, 0.15) is 11.9 Å². The fourth-order valence-corrected chi connectivity index (χ4v) is 2.95. The predicted molar refractivity (Wildman–Crippen MR) is 95.1 cm³/mol. The van der Waals surface area contributed by atoms with E-state index < -0.39 is 12.1 Å². The van der Waals surface area contributed by atoms with Crippen LogP contribution >= 0.6 is 0 Å². The number of carbonyl (C=O) groups is 2. The molecule has 1 aromatic rings. The maximum atomic E-state index is 13.9. The molecule has 3 N–H and O–H groups in total. The SMILES string of the molecule is Cc1ccc(CNC(=O)C2CCCN2C(=O)C(N)C(C)(C)C)c(F)c1. The molecule has 2 atom stereocenters. The Hall–Kier alpha value is -1.95. The molecule has 1 fully saturated rings. The van der Waals surface area contributed by atoms with E-state index in [4.69, 9.17) is 5.73 Å². The lowest BCUT2D eigenvalue weighted by molar-refractivity contribution is -0.141. The van der Waals surface area contributed by atoms with E-state index in [9.17, 15) is 14.0 Å². The molecular weight excluding hydrogens is 321 g/mol. The van der Waals surface area contributed by atoms with Crippen molar-refractivity contribution < 1.29 is 14.0 Å². The second kappa shape index (κ2) is 7.52. The van der Waals surface area contributed by atoms with Crippen molar-refractivity contribution in [3.8, 4) is 0 Å². The van der Waals surface area contributed by atoms with Gasteiger partial charge in [-0.25, -0.2) is 4.39 Å². The predicted octanol–water partition coefficient (Wildman–Crippen LogP) is 2.11. The zero-order valence-corrected chi connectivity index (χ0v) is 15.4. The third kappa shape index (κ3) is 4.57. The van der Waals surface area contributed by atoms with Crippen LogP contribution in [0.5, 0.6) is 0 Å². The number of rotatable bonds is 4. The number of benzene rings is 1. The van der Waals surface area contributed by atoms with E-state index in [1.807, 2.05) is 27.7 Å². The molecule has 1 aliphatic heterocycles. The maximum absolute atomic E-state index is 13.9. The summed E-state index contributed by atoms with van der Waals surface area (Å²) in [5.41, 5.74) is 6.96. The molecule has 1 aliphatic rings. The molecule has 0 spiro atoms. The van der Waals surface area contributed by atoms with Crippen molar-refractivity contribution in [3.63, 3.8) is 0 Å². The van der Waals surface area contributed by atoms with Gasteiger partial charge in [0.15, 0.2) is 0 Å². The number of nitrogens with one attached hydrogen (secondary N) is 1. The van der Waals surface area contributed by atoms with Crippen molar-refractivity contribution >= 4 is 11.8 Å². The second-order valence-corrected chi connectivity index (χ2v) is 7.85. The minimum Gasteiger partial charge on any atom is -0.350 e. The van der Waals surface area contributed by atoms with Crippen LogP contribution in [0.2, 0.25) is 0 Å². The molecule has 25 heavy (non-hydrogen) atoms. The quantitative estimate of drug-likeness (QED) is 0.874. The molecule has 138 valence electrons. The summed E-state index contributed by atoms with van der Waals surface area (Å²) in [4.78, 5) is 26.7. The van der Waals surface area contributed by atoms with Crippen LogP contribution in [-0.2, 0) is 16.1 Å². The van der Waals surface area contributed by atoms with Gasteiger partial charge in [-0.3, -0.25) is 9.59 Å². The van der Waals surface area contributed by atoms with E-state index in [2.05, 4.69) is 5.32 Å². The Morgan fingerprint density at radius 3 is 2.68 bits per heavy atom. The molecule has 1 aromatic carbocycles. The van der Waals surface area contributed by atoms with Crippen molar-refractivity contribution in [1.29, 1.82) is 0 Å². The van der Waals surface area contributed by atoms with Gasteiger partial charge in [-0.05, 0) is 36.8 Å². The number of hydrogen-bond acceptors (Lipinski definition) is 3. The van der Waals surface area contributed by atoms with Crippen LogP contribution in [0.25, 0.3) is 0 Å². The Labute approximate surface area is 148 Å². The molecule has 2 amide bonds. The minimum atomic E-state index is -0.657. The number of hydrogen-bond donors (Lipinski definition) is 2. The zero-order valence-electron chi connectivity index (χ0n) is 15.4. The van der Waals surface area contributed by atoms with E-state index in [1.165, 1.54) is 6.07 Å². The highest BCUT2D eigenvalue weighted by atomic mass is 19.1. The topological polar surface area (TPSA) is 75.4 Å². The second-order valence-electron chi connectivity index (χ2n) is 7.85. The Kier molecular flexibility index (Phi) is 5.83. The van der Waals surface area contributed by atoms with Gasteiger partial charge in [-0.15, -0.1) is 0 Å². The van der Waals surface area contributed by atoms with Gasteiger partial charge in [0.25, 0.3) is 0 Å². The summed E-state index contributed by atoms with van der Waals surface area (Å²) in [5, 5.41) is 2.75. The van der Waals surface area contributed by atoms with Crippen LogP contribution < -0.4 is 11.1 Å². The third-order valence-corrected chi connectivity index (χ3v) is 4.70. The first-order valence-corrected chi connectivity index (χ1v) is 8.70. The fourth-order valence-electron chi connectivity index (χ4n) is 2.95. The molecule has 0 aliphatic carbocycles. The molecule has 0 radical (unpaired) electrons. The molecule has 0 saturated carbocycles. The summed E-state index contributed by atoms with van der Waals surface area (Å²) < 4.78 is 13.9. The minimum absolute atomic E-state index is 0.106. The summed E-state index contributed by atoms with van der Waals surface area (Å²) >= 11 is 0. The zero-order chi connectivity index (χ0) is 18.8. The summed E-state index contributed by atoms with van der Waals surface area (Å²) in [6.45, 7) is 8.16. The van der Waals surface area contributed by atoms with Crippen LogP contribution in [0, 0.1) is 18.2 Å². The van der Waals surface area contributed by atoms with E-state index in [1.54, 1.807) is 17.0 Å². The molecule has 5 nitrogen and oxygen atoms in total. The number of likely N-dealkylation sites (tertiary alicyclic amines) is 1. The van der Waals surface area contributed by atoms with Crippen molar-refractivity contribution in [2.75, 3.05) is 6.54 Å². The van der Waals surface area contributed by atoms with Crippen LogP contribution in [0.15, 0.2) is 18.2 Å². The Balaban J connectivity index is 2.01. The van der Waals surface area contributed by atoms with Crippen LogP contribution in [0.4, 0.5) is 4.39 Å². The van der Waals surface area contributed by atoms with Gasteiger partial charge in [-0.2, -0.15) is 0 Å². The third-order valence-electron chi connectivity index (χ3n) is 4.70. The van der Waals surface area contributed by atoms with Gasteiger partial charge < -0.3 is 16.0 Å². The van der Waals surface area contributed by atoms with E-state index >= 15 is 0 Å². The number of aryl methyl sites for hydroxylation is 1. The number of amides is 2. The highest BCUT2D eigenvalue weighted by Crippen LogP contribution is 2.24. The highest BCUT2D eigenvalue weighted by Gasteiger charge is 2.39. The molecule has 1 heterocycles. The maximum Gasteiger partial charge on any atom is 0.243 e. The van der Waals surface area contributed by atoms with Crippen molar-refractivity contribution in [2.45, 2.75) is 59.2 Å². The lowest BCUT2D eigenvalue weighted by atomic mass is 9.86. The van der Waals surface area contributed by atoms with E-state index in [0.717, 1.165) is 12.0 Å². The monoisotopic (exact) mass is 349 g/mol. The Morgan fingerprint density at radius 2 is 2.08 bits per heavy atom. The number of carbonyl (C=O) groups excluding carboxylic acids is 2. The number of nitrogens with zero attached hydrogens (tertiary/aromatic N) is 1. The van der Waals surface area contributed by atoms with Crippen molar-refractivity contribution in [2.24, 2.45) is 11.1 Å². The first-order chi connectivity index (χ1) is 11.6. The van der Waals surface area contributed by atoms with E-state index in [0.29, 0.717) is 18.5 Å². The molecule has 6 heteroatoms. The van der Waals surface area contributed by atoms with Gasteiger partial charge >= 0.3 is 0 Å². The van der Waals surface area contributed by atoms with E-state index in [-0.39, 0.29) is 29.6 Å². The summed E-state index contributed by atoms with van der Waals surface area (Å²) in [5.74, 6) is -0.798. The van der Waals surface area contributed by atoms with Gasteiger partial charge in [-0.1, -0.05) is 32.9 Å². The molecular formula is C19H28FN3O2. The highest BCUT2D eigenvalue weighted by molar-refractivity contribution is 5.90. The van der Waals surface area contributed by atoms with Gasteiger partial charge in [0.05, 0.1) is 6.04 Å². The average Bonchev–Trinajstić information content (AvgIpc) is 3.01. The molecule has 0 aromatic heterocycles. The summed E-state index contributed by atoms with van der Waals surface area (Å²) in [6, 6.07) is 3.72. The normalized spacial score (nSPS) is 19.0. The Bertz CT molecular complexity index is 655. The van der Waals surface area contributed by atoms with Crippen molar-refractivity contribution in [3.05, 3.63) is 35.1 Å². The first-order valence-electron chi connectivity index (χ1n) is 8.70. The molecule has 2 rings (SSSR count).